The van der Waals surface area contributed by atoms with E-state index >= 15 is 0 Å². The molecule has 5 nitrogen and oxygen atoms in total. The predicted molar refractivity (Wildman–Crippen MR) is 104 cm³/mol. The average molecular weight is 369 g/mol. The number of fused-ring (bicyclic) bond motifs is 1. The van der Waals surface area contributed by atoms with Crippen LogP contribution in [0.5, 0.6) is 5.75 Å². The standard InChI is InChI=1S/C21H24FN3O2/c1-21(2,3)16-7-5-6-8-18(16)27-12-11-25(4)20(26)19-15-13-14(22)9-10-17(15)23-24-19/h5-10,13H,11-12H2,1-4H3,(H,23,24). The summed E-state index contributed by atoms with van der Waals surface area (Å²) in [6.07, 6.45) is 0. The van der Waals surface area contributed by atoms with Crippen LogP contribution in [0.3, 0.4) is 0 Å². The SMILES string of the molecule is CN(CCOc1ccccc1C(C)(C)C)C(=O)c1n[nH]c2ccc(F)cc12. The lowest BCUT2D eigenvalue weighted by molar-refractivity contribution is 0.0769. The second-order valence-corrected chi connectivity index (χ2v) is 7.58. The number of hydrogen-bond acceptors (Lipinski definition) is 3. The number of nitrogens with zero attached hydrogens (tertiary/aromatic N) is 2. The number of benzene rings is 2. The number of ether oxygens (including phenoxy) is 1. The van der Waals surface area contributed by atoms with Crippen molar-refractivity contribution in [1.82, 2.24) is 15.1 Å². The van der Waals surface area contributed by atoms with Crippen molar-refractivity contribution in [3.05, 3.63) is 59.5 Å². The van der Waals surface area contributed by atoms with Gasteiger partial charge in [-0.2, -0.15) is 5.10 Å². The van der Waals surface area contributed by atoms with Crippen molar-refractivity contribution in [2.75, 3.05) is 20.2 Å². The molecule has 1 heterocycles. The minimum Gasteiger partial charge on any atom is -0.491 e. The Kier molecular flexibility index (Phi) is 5.17. The van der Waals surface area contributed by atoms with Gasteiger partial charge in [-0.3, -0.25) is 9.89 Å². The van der Waals surface area contributed by atoms with Crippen molar-refractivity contribution >= 4 is 16.8 Å². The van der Waals surface area contributed by atoms with E-state index in [0.717, 1.165) is 11.3 Å². The van der Waals surface area contributed by atoms with E-state index in [-0.39, 0.29) is 17.0 Å². The molecule has 0 aliphatic carbocycles. The molecule has 2 aromatic carbocycles. The number of para-hydroxylation sites is 1. The Hall–Kier alpha value is -2.89. The Morgan fingerprint density at radius 1 is 1.22 bits per heavy atom. The van der Waals surface area contributed by atoms with Crippen LogP contribution in [0, 0.1) is 5.82 Å². The van der Waals surface area contributed by atoms with Crippen LogP contribution < -0.4 is 4.74 Å². The van der Waals surface area contributed by atoms with Gasteiger partial charge < -0.3 is 9.64 Å². The molecule has 0 aliphatic heterocycles. The van der Waals surface area contributed by atoms with Crippen LogP contribution in [0.2, 0.25) is 0 Å². The van der Waals surface area contributed by atoms with Gasteiger partial charge in [0.2, 0.25) is 0 Å². The van der Waals surface area contributed by atoms with Gasteiger partial charge in [-0.15, -0.1) is 0 Å². The van der Waals surface area contributed by atoms with Crippen molar-refractivity contribution in [2.24, 2.45) is 0 Å². The highest BCUT2D eigenvalue weighted by Gasteiger charge is 2.20. The van der Waals surface area contributed by atoms with E-state index in [1.807, 2.05) is 18.2 Å². The minimum absolute atomic E-state index is 0.0314. The minimum atomic E-state index is -0.400. The van der Waals surface area contributed by atoms with Gasteiger partial charge in [-0.1, -0.05) is 39.0 Å². The quantitative estimate of drug-likeness (QED) is 0.735. The molecule has 3 aromatic rings. The van der Waals surface area contributed by atoms with E-state index in [2.05, 4.69) is 37.0 Å². The first-order valence-electron chi connectivity index (χ1n) is 8.89. The molecular formula is C21H24FN3O2. The highest BCUT2D eigenvalue weighted by molar-refractivity contribution is 6.04. The lowest BCUT2D eigenvalue weighted by Gasteiger charge is -2.23. The fourth-order valence-electron chi connectivity index (χ4n) is 2.94. The molecule has 1 aromatic heterocycles. The summed E-state index contributed by atoms with van der Waals surface area (Å²) in [5, 5.41) is 7.29. The van der Waals surface area contributed by atoms with E-state index in [0.29, 0.717) is 24.1 Å². The number of rotatable bonds is 5. The Labute approximate surface area is 158 Å². The van der Waals surface area contributed by atoms with Crippen LogP contribution >= 0.6 is 0 Å². The second kappa shape index (κ2) is 7.39. The summed E-state index contributed by atoms with van der Waals surface area (Å²) in [5.41, 5.74) is 1.93. The number of carbonyl (C=O) groups excluding carboxylic acids is 1. The summed E-state index contributed by atoms with van der Waals surface area (Å²) >= 11 is 0. The summed E-state index contributed by atoms with van der Waals surface area (Å²) < 4.78 is 19.4. The normalized spacial score (nSPS) is 11.6. The first-order chi connectivity index (χ1) is 12.8. The number of amides is 1. The van der Waals surface area contributed by atoms with Crippen LogP contribution in [0.25, 0.3) is 10.9 Å². The predicted octanol–water partition coefficient (Wildman–Crippen LogP) is 4.15. The van der Waals surface area contributed by atoms with E-state index in [1.165, 1.54) is 17.0 Å². The molecule has 0 saturated heterocycles. The largest absolute Gasteiger partial charge is 0.491 e. The van der Waals surface area contributed by atoms with Gasteiger partial charge >= 0.3 is 0 Å². The number of nitrogens with one attached hydrogen (secondary N) is 1. The number of H-pyrrole nitrogens is 1. The number of carbonyl (C=O) groups is 1. The Morgan fingerprint density at radius 2 is 1.96 bits per heavy atom. The molecule has 3 rings (SSSR count). The topological polar surface area (TPSA) is 58.2 Å². The maximum absolute atomic E-state index is 13.5. The average Bonchev–Trinajstić information content (AvgIpc) is 3.03. The number of halogens is 1. The maximum atomic E-state index is 13.5. The monoisotopic (exact) mass is 369 g/mol. The summed E-state index contributed by atoms with van der Waals surface area (Å²) in [6.45, 7) is 7.14. The Morgan fingerprint density at radius 3 is 2.70 bits per heavy atom. The summed E-state index contributed by atoms with van der Waals surface area (Å²) in [4.78, 5) is 14.2. The molecule has 0 bridgehead atoms. The van der Waals surface area contributed by atoms with Gasteiger partial charge in [0.15, 0.2) is 5.69 Å². The molecule has 1 N–H and O–H groups in total. The molecule has 0 radical (unpaired) electrons. The molecule has 0 fully saturated rings. The van der Waals surface area contributed by atoms with Crippen molar-refractivity contribution in [2.45, 2.75) is 26.2 Å². The van der Waals surface area contributed by atoms with Crippen molar-refractivity contribution in [3.63, 3.8) is 0 Å². The van der Waals surface area contributed by atoms with Gasteiger partial charge in [-0.25, -0.2) is 4.39 Å². The van der Waals surface area contributed by atoms with Crippen LogP contribution in [0.4, 0.5) is 4.39 Å². The summed E-state index contributed by atoms with van der Waals surface area (Å²) in [6, 6.07) is 12.1. The van der Waals surface area contributed by atoms with Gasteiger partial charge in [0.05, 0.1) is 12.1 Å². The molecule has 1 amide bonds. The molecule has 142 valence electrons. The van der Waals surface area contributed by atoms with E-state index in [1.54, 1.807) is 13.1 Å². The second-order valence-electron chi connectivity index (χ2n) is 7.58. The Bertz CT molecular complexity index is 959. The highest BCUT2D eigenvalue weighted by Crippen LogP contribution is 2.30. The van der Waals surface area contributed by atoms with Gasteiger partial charge in [0, 0.05) is 12.4 Å². The molecule has 0 aliphatic rings. The van der Waals surface area contributed by atoms with Gasteiger partial charge in [0.1, 0.15) is 18.2 Å². The summed E-state index contributed by atoms with van der Waals surface area (Å²) in [7, 11) is 1.68. The van der Waals surface area contributed by atoms with E-state index in [9.17, 15) is 9.18 Å². The van der Waals surface area contributed by atoms with Crippen molar-refractivity contribution in [1.29, 1.82) is 0 Å². The zero-order valence-corrected chi connectivity index (χ0v) is 16.0. The first-order valence-corrected chi connectivity index (χ1v) is 8.89. The Balaban J connectivity index is 1.67. The lowest BCUT2D eigenvalue weighted by atomic mass is 9.86. The number of aromatic nitrogens is 2. The zero-order chi connectivity index (χ0) is 19.6. The van der Waals surface area contributed by atoms with Crippen LogP contribution in [0.15, 0.2) is 42.5 Å². The molecule has 0 saturated carbocycles. The number of likely N-dealkylation sites (N-methyl/N-ethyl adjacent to an activating group) is 1. The fourth-order valence-corrected chi connectivity index (χ4v) is 2.94. The smallest absolute Gasteiger partial charge is 0.274 e. The lowest BCUT2D eigenvalue weighted by Crippen LogP contribution is -2.31. The van der Waals surface area contributed by atoms with Crippen LogP contribution in [-0.2, 0) is 5.41 Å². The molecule has 0 unspecified atom stereocenters. The van der Waals surface area contributed by atoms with Crippen LogP contribution in [-0.4, -0.2) is 41.2 Å². The number of hydrogen-bond donors (Lipinski definition) is 1. The summed E-state index contributed by atoms with van der Waals surface area (Å²) in [5.74, 6) is 0.139. The third kappa shape index (κ3) is 4.10. The zero-order valence-electron chi connectivity index (χ0n) is 16.0. The third-order valence-corrected chi connectivity index (χ3v) is 4.45. The third-order valence-electron chi connectivity index (χ3n) is 4.45. The first kappa shape index (κ1) is 18.9. The van der Waals surface area contributed by atoms with Crippen LogP contribution in [0.1, 0.15) is 36.8 Å². The molecule has 0 atom stereocenters. The fraction of sp³-hybridized carbons (Fsp3) is 0.333. The van der Waals surface area contributed by atoms with E-state index < -0.39 is 5.82 Å². The van der Waals surface area contributed by atoms with Gasteiger partial charge in [0.25, 0.3) is 5.91 Å². The van der Waals surface area contributed by atoms with E-state index in [4.69, 9.17) is 4.74 Å². The molecule has 27 heavy (non-hydrogen) atoms. The maximum Gasteiger partial charge on any atom is 0.274 e. The number of aromatic amines is 1. The molecule has 0 spiro atoms. The molecule has 6 heteroatoms. The van der Waals surface area contributed by atoms with Gasteiger partial charge in [-0.05, 0) is 35.2 Å². The highest BCUT2D eigenvalue weighted by atomic mass is 19.1. The van der Waals surface area contributed by atoms with Crippen molar-refractivity contribution < 1.29 is 13.9 Å². The molecular weight excluding hydrogens is 345 g/mol. The van der Waals surface area contributed by atoms with Crippen molar-refractivity contribution in [3.8, 4) is 5.75 Å².